The van der Waals surface area contributed by atoms with Gasteiger partial charge in [-0.2, -0.15) is 5.10 Å². The monoisotopic (exact) mass is 355 g/mol. The molecule has 3 rings (SSSR count). The number of hydrogen-bond donors (Lipinski definition) is 1. The molecule has 0 aliphatic rings. The van der Waals surface area contributed by atoms with Crippen molar-refractivity contribution in [2.24, 2.45) is 0 Å². The molecule has 0 fully saturated rings. The summed E-state index contributed by atoms with van der Waals surface area (Å²) < 4.78 is 7.28. The molecule has 25 heavy (non-hydrogen) atoms. The third kappa shape index (κ3) is 4.19. The molecule has 3 aromatic rings. The second-order valence-electron chi connectivity index (χ2n) is 5.65. The number of carbonyl (C=O) groups is 1. The van der Waals surface area contributed by atoms with Gasteiger partial charge in [-0.3, -0.25) is 4.79 Å². The van der Waals surface area contributed by atoms with Gasteiger partial charge in [0.2, 0.25) is 0 Å². The van der Waals surface area contributed by atoms with E-state index < -0.39 is 0 Å². The summed E-state index contributed by atoms with van der Waals surface area (Å²) in [6.45, 7) is 3.80. The van der Waals surface area contributed by atoms with E-state index in [0.29, 0.717) is 16.5 Å². The summed E-state index contributed by atoms with van der Waals surface area (Å²) >= 11 is 5.91. The van der Waals surface area contributed by atoms with Crippen LogP contribution in [-0.2, 0) is 4.79 Å². The number of nitrogens with one attached hydrogen (secondary N) is 1. The number of aryl methyl sites for hydroxylation is 2. The lowest BCUT2D eigenvalue weighted by molar-refractivity contribution is -0.118. The van der Waals surface area contributed by atoms with E-state index >= 15 is 0 Å². The van der Waals surface area contributed by atoms with Gasteiger partial charge < -0.3 is 10.1 Å². The Morgan fingerprint density at radius 3 is 2.68 bits per heavy atom. The van der Waals surface area contributed by atoms with Crippen LogP contribution in [-0.4, -0.2) is 22.3 Å². The first-order valence-electron chi connectivity index (χ1n) is 7.84. The van der Waals surface area contributed by atoms with Crippen molar-refractivity contribution >= 4 is 23.2 Å². The number of rotatable bonds is 5. The highest BCUT2D eigenvalue weighted by Gasteiger charge is 2.11. The van der Waals surface area contributed by atoms with E-state index in [1.807, 2.05) is 48.9 Å². The number of ether oxygens (including phenoxy) is 1. The van der Waals surface area contributed by atoms with Crippen LogP contribution in [0.3, 0.4) is 0 Å². The number of halogens is 1. The molecule has 5 nitrogen and oxygen atoms in total. The Hall–Kier alpha value is -2.79. The minimum absolute atomic E-state index is 0.105. The van der Waals surface area contributed by atoms with Crippen molar-refractivity contribution in [3.8, 4) is 11.4 Å². The van der Waals surface area contributed by atoms with Crippen LogP contribution in [0.4, 0.5) is 5.69 Å². The molecule has 0 aliphatic heterocycles. The minimum atomic E-state index is -0.256. The summed E-state index contributed by atoms with van der Waals surface area (Å²) in [4.78, 5) is 12.2. The van der Waals surface area contributed by atoms with Crippen molar-refractivity contribution in [1.29, 1.82) is 0 Å². The topological polar surface area (TPSA) is 56.2 Å². The average Bonchev–Trinajstić information content (AvgIpc) is 2.92. The molecular formula is C19H18ClN3O2. The molecule has 128 valence electrons. The van der Waals surface area contributed by atoms with E-state index in [-0.39, 0.29) is 12.5 Å². The van der Waals surface area contributed by atoms with Crippen LogP contribution in [0.15, 0.2) is 54.6 Å². The van der Waals surface area contributed by atoms with Gasteiger partial charge in [-0.1, -0.05) is 29.8 Å². The van der Waals surface area contributed by atoms with Gasteiger partial charge in [0.05, 0.1) is 17.1 Å². The van der Waals surface area contributed by atoms with E-state index in [0.717, 1.165) is 17.1 Å². The lowest BCUT2D eigenvalue weighted by Gasteiger charge is -2.13. The molecule has 1 amide bonds. The number of anilines is 1. The molecule has 0 unspecified atom stereocenters. The highest BCUT2D eigenvalue weighted by atomic mass is 35.5. The first-order chi connectivity index (χ1) is 12.0. The zero-order valence-electron chi connectivity index (χ0n) is 14.0. The zero-order valence-corrected chi connectivity index (χ0v) is 14.7. The van der Waals surface area contributed by atoms with Gasteiger partial charge in [0, 0.05) is 10.7 Å². The van der Waals surface area contributed by atoms with Crippen molar-refractivity contribution < 1.29 is 9.53 Å². The summed E-state index contributed by atoms with van der Waals surface area (Å²) in [5.41, 5.74) is 3.40. The van der Waals surface area contributed by atoms with Crippen LogP contribution >= 0.6 is 11.6 Å². The third-order valence-corrected chi connectivity index (χ3v) is 3.82. The fourth-order valence-electron chi connectivity index (χ4n) is 2.53. The highest BCUT2D eigenvalue weighted by Crippen LogP contribution is 2.22. The van der Waals surface area contributed by atoms with Gasteiger partial charge >= 0.3 is 0 Å². The molecule has 1 aromatic heterocycles. The van der Waals surface area contributed by atoms with Crippen LogP contribution in [0.2, 0.25) is 5.02 Å². The fraction of sp³-hybridized carbons (Fsp3) is 0.158. The standard InChI is InChI=1S/C19H18ClN3O2/c1-13-10-14(2)23(22-13)18-9-4-3-8-17(18)21-19(24)12-25-16-7-5-6-15(20)11-16/h3-11H,12H2,1-2H3,(H,21,24). The van der Waals surface area contributed by atoms with E-state index in [9.17, 15) is 4.79 Å². The van der Waals surface area contributed by atoms with Crippen molar-refractivity contribution in [3.05, 3.63) is 71.0 Å². The molecule has 6 heteroatoms. The molecule has 0 aliphatic carbocycles. The van der Waals surface area contributed by atoms with Crippen molar-refractivity contribution in [3.63, 3.8) is 0 Å². The Kier molecular flexibility index (Phi) is 5.05. The first kappa shape index (κ1) is 17.0. The van der Waals surface area contributed by atoms with Crippen LogP contribution < -0.4 is 10.1 Å². The fourth-order valence-corrected chi connectivity index (χ4v) is 2.71. The quantitative estimate of drug-likeness (QED) is 0.747. The molecule has 0 atom stereocenters. The number of nitrogens with zero attached hydrogens (tertiary/aromatic N) is 2. The summed E-state index contributed by atoms with van der Waals surface area (Å²) in [7, 11) is 0. The molecular weight excluding hydrogens is 338 g/mol. The smallest absolute Gasteiger partial charge is 0.262 e. The van der Waals surface area contributed by atoms with Gasteiger partial charge in [0.25, 0.3) is 5.91 Å². The molecule has 2 aromatic carbocycles. The zero-order chi connectivity index (χ0) is 17.8. The summed E-state index contributed by atoms with van der Waals surface area (Å²) in [6.07, 6.45) is 0. The number of aromatic nitrogens is 2. The van der Waals surface area contributed by atoms with Gasteiger partial charge in [-0.25, -0.2) is 4.68 Å². The largest absolute Gasteiger partial charge is 0.484 e. The number of carbonyl (C=O) groups excluding carboxylic acids is 1. The number of para-hydroxylation sites is 2. The van der Waals surface area contributed by atoms with E-state index in [4.69, 9.17) is 16.3 Å². The molecule has 0 bridgehead atoms. The molecule has 0 radical (unpaired) electrons. The maximum atomic E-state index is 12.2. The first-order valence-corrected chi connectivity index (χ1v) is 8.21. The van der Waals surface area contributed by atoms with Crippen molar-refractivity contribution in [1.82, 2.24) is 9.78 Å². The molecule has 0 saturated carbocycles. The predicted molar refractivity (Wildman–Crippen MR) is 98.6 cm³/mol. The Morgan fingerprint density at radius 2 is 1.96 bits per heavy atom. The highest BCUT2D eigenvalue weighted by molar-refractivity contribution is 6.30. The van der Waals surface area contributed by atoms with Crippen molar-refractivity contribution in [2.45, 2.75) is 13.8 Å². The van der Waals surface area contributed by atoms with E-state index in [1.165, 1.54) is 0 Å². The molecule has 1 heterocycles. The van der Waals surface area contributed by atoms with Gasteiger partial charge in [-0.15, -0.1) is 0 Å². The van der Waals surface area contributed by atoms with Crippen LogP contribution in [0.1, 0.15) is 11.4 Å². The second-order valence-corrected chi connectivity index (χ2v) is 6.09. The van der Waals surface area contributed by atoms with Gasteiger partial charge in [0.15, 0.2) is 6.61 Å². The molecule has 0 spiro atoms. The summed E-state index contributed by atoms with van der Waals surface area (Å²) in [5.74, 6) is 0.295. The Labute approximate surface area is 151 Å². The Bertz CT molecular complexity index is 905. The maximum absolute atomic E-state index is 12.2. The number of benzene rings is 2. The van der Waals surface area contributed by atoms with Crippen LogP contribution in [0.25, 0.3) is 5.69 Å². The maximum Gasteiger partial charge on any atom is 0.262 e. The number of amides is 1. The molecule has 0 saturated heterocycles. The Morgan fingerprint density at radius 1 is 1.16 bits per heavy atom. The van der Waals surface area contributed by atoms with Crippen LogP contribution in [0.5, 0.6) is 5.75 Å². The van der Waals surface area contributed by atoms with Gasteiger partial charge in [-0.05, 0) is 50.2 Å². The lowest BCUT2D eigenvalue weighted by Crippen LogP contribution is -2.21. The normalized spacial score (nSPS) is 10.5. The molecule has 1 N–H and O–H groups in total. The lowest BCUT2D eigenvalue weighted by atomic mass is 10.2. The third-order valence-electron chi connectivity index (χ3n) is 3.58. The SMILES string of the molecule is Cc1cc(C)n(-c2ccccc2NC(=O)COc2cccc(Cl)c2)n1. The predicted octanol–water partition coefficient (Wildman–Crippen LogP) is 4.16. The summed E-state index contributed by atoms with van der Waals surface area (Å²) in [6, 6.07) is 16.4. The Balaban J connectivity index is 1.72. The van der Waals surface area contributed by atoms with E-state index in [1.54, 1.807) is 24.3 Å². The average molecular weight is 356 g/mol. The second kappa shape index (κ2) is 7.40. The van der Waals surface area contributed by atoms with Crippen LogP contribution in [0, 0.1) is 13.8 Å². The summed E-state index contributed by atoms with van der Waals surface area (Å²) in [5, 5.41) is 7.91. The van der Waals surface area contributed by atoms with Crippen molar-refractivity contribution in [2.75, 3.05) is 11.9 Å². The number of hydrogen-bond acceptors (Lipinski definition) is 3. The minimum Gasteiger partial charge on any atom is -0.484 e. The van der Waals surface area contributed by atoms with Gasteiger partial charge in [0.1, 0.15) is 5.75 Å². The van der Waals surface area contributed by atoms with E-state index in [2.05, 4.69) is 10.4 Å².